The number of nitrogens with zero attached hydrogens (tertiary/aromatic N) is 7. The van der Waals surface area contributed by atoms with E-state index in [0.717, 1.165) is 88.9 Å². The van der Waals surface area contributed by atoms with Gasteiger partial charge in [-0.15, -0.1) is 0 Å². The van der Waals surface area contributed by atoms with Crippen LogP contribution in [0.3, 0.4) is 0 Å². The van der Waals surface area contributed by atoms with Crippen molar-refractivity contribution in [2.45, 2.75) is 39.2 Å². The summed E-state index contributed by atoms with van der Waals surface area (Å²) < 4.78 is 1.97. The number of fused-ring (bicyclic) bond motifs is 2. The number of rotatable bonds is 5. The van der Waals surface area contributed by atoms with Crippen LogP contribution in [0, 0.1) is 5.92 Å². The summed E-state index contributed by atoms with van der Waals surface area (Å²) in [5.41, 5.74) is 3.37. The van der Waals surface area contributed by atoms with Crippen LogP contribution in [-0.2, 0) is 17.8 Å². The third kappa shape index (κ3) is 4.03. The van der Waals surface area contributed by atoms with E-state index in [1.165, 1.54) is 18.4 Å². The molecule has 2 aromatic rings. The first-order chi connectivity index (χ1) is 15.1. The van der Waals surface area contributed by atoms with Gasteiger partial charge in [0.1, 0.15) is 5.82 Å². The molecule has 0 N–H and O–H groups in total. The van der Waals surface area contributed by atoms with Crippen molar-refractivity contribution in [3.63, 3.8) is 0 Å². The SMILES string of the molecule is CCCCN1CCCN(C(=O)C2CN(c3c4c(nc5ccnn35)CN(C)CC4)C2)CC1. The molecule has 31 heavy (non-hydrogen) atoms. The summed E-state index contributed by atoms with van der Waals surface area (Å²) >= 11 is 0. The fourth-order valence-corrected chi connectivity index (χ4v) is 5.22. The summed E-state index contributed by atoms with van der Waals surface area (Å²) in [5.74, 6) is 1.60. The molecule has 0 unspecified atom stereocenters. The lowest BCUT2D eigenvalue weighted by molar-refractivity contribution is -0.136. The molecule has 0 aliphatic carbocycles. The fourth-order valence-electron chi connectivity index (χ4n) is 5.22. The maximum Gasteiger partial charge on any atom is 0.229 e. The average molecular weight is 426 g/mol. The standard InChI is InChI=1S/C23H35N7O/c1-3-4-9-27-10-5-11-28(14-13-27)23(31)18-15-29(16-18)22-19-7-12-26(2)17-20(19)25-21-6-8-24-30(21)22/h6,8,18H,3-5,7,9-17H2,1-2H3. The molecule has 3 aliphatic heterocycles. The minimum atomic E-state index is 0.0999. The third-order valence-electron chi connectivity index (χ3n) is 7.11. The zero-order valence-electron chi connectivity index (χ0n) is 19.0. The topological polar surface area (TPSA) is 60.2 Å². The van der Waals surface area contributed by atoms with Crippen LogP contribution in [0.25, 0.3) is 5.65 Å². The molecule has 8 nitrogen and oxygen atoms in total. The van der Waals surface area contributed by atoms with Crippen LogP contribution in [0.5, 0.6) is 0 Å². The Kier molecular flexibility index (Phi) is 5.84. The quantitative estimate of drug-likeness (QED) is 0.723. The van der Waals surface area contributed by atoms with Gasteiger partial charge in [-0.1, -0.05) is 13.3 Å². The van der Waals surface area contributed by atoms with E-state index in [2.05, 4.69) is 38.7 Å². The molecule has 5 heterocycles. The number of carbonyl (C=O) groups is 1. The van der Waals surface area contributed by atoms with Gasteiger partial charge < -0.3 is 19.6 Å². The van der Waals surface area contributed by atoms with Crippen LogP contribution >= 0.6 is 0 Å². The predicted octanol–water partition coefficient (Wildman–Crippen LogP) is 1.49. The summed E-state index contributed by atoms with van der Waals surface area (Å²) in [5, 5.41) is 4.55. The van der Waals surface area contributed by atoms with E-state index in [1.54, 1.807) is 0 Å². The summed E-state index contributed by atoms with van der Waals surface area (Å²) in [6, 6.07) is 1.97. The number of anilines is 1. The summed E-state index contributed by atoms with van der Waals surface area (Å²) in [7, 11) is 2.15. The highest BCUT2D eigenvalue weighted by atomic mass is 16.2. The molecular weight excluding hydrogens is 390 g/mol. The Bertz CT molecular complexity index is 935. The Balaban J connectivity index is 1.26. The Hall–Kier alpha value is -2.19. The molecule has 2 fully saturated rings. The Morgan fingerprint density at radius 3 is 2.87 bits per heavy atom. The minimum absolute atomic E-state index is 0.0999. The molecule has 0 spiro atoms. The first-order valence-electron chi connectivity index (χ1n) is 11.9. The minimum Gasteiger partial charge on any atom is -0.354 e. The van der Waals surface area contributed by atoms with Gasteiger partial charge in [0.15, 0.2) is 5.65 Å². The second-order valence-electron chi connectivity index (χ2n) is 9.43. The van der Waals surface area contributed by atoms with Crippen LogP contribution in [0.15, 0.2) is 12.3 Å². The number of aromatic nitrogens is 3. The molecule has 3 aliphatic rings. The van der Waals surface area contributed by atoms with Crippen LogP contribution < -0.4 is 4.90 Å². The highest BCUT2D eigenvalue weighted by molar-refractivity contribution is 5.82. The molecule has 8 heteroatoms. The molecular formula is C23H35N7O. The van der Waals surface area contributed by atoms with Gasteiger partial charge in [0.05, 0.1) is 17.8 Å². The molecule has 168 valence electrons. The maximum atomic E-state index is 13.2. The van der Waals surface area contributed by atoms with Gasteiger partial charge in [0, 0.05) is 57.4 Å². The van der Waals surface area contributed by atoms with E-state index in [4.69, 9.17) is 4.98 Å². The monoisotopic (exact) mass is 425 g/mol. The van der Waals surface area contributed by atoms with Crippen LogP contribution in [-0.4, -0.2) is 94.6 Å². The van der Waals surface area contributed by atoms with E-state index >= 15 is 0 Å². The van der Waals surface area contributed by atoms with E-state index in [0.29, 0.717) is 5.91 Å². The maximum absolute atomic E-state index is 13.2. The van der Waals surface area contributed by atoms with Gasteiger partial charge >= 0.3 is 0 Å². The Morgan fingerprint density at radius 2 is 2.03 bits per heavy atom. The Labute approximate surface area is 184 Å². The van der Waals surface area contributed by atoms with Gasteiger partial charge in [-0.2, -0.15) is 9.61 Å². The summed E-state index contributed by atoms with van der Waals surface area (Å²) in [4.78, 5) is 27.4. The molecule has 0 atom stereocenters. The van der Waals surface area contributed by atoms with Crippen LogP contribution in [0.1, 0.15) is 37.4 Å². The molecule has 2 aromatic heterocycles. The van der Waals surface area contributed by atoms with Crippen molar-refractivity contribution in [3.05, 3.63) is 23.5 Å². The number of hydrogen-bond acceptors (Lipinski definition) is 6. The zero-order valence-corrected chi connectivity index (χ0v) is 19.0. The molecule has 1 amide bonds. The number of hydrogen-bond donors (Lipinski definition) is 0. The van der Waals surface area contributed by atoms with Crippen molar-refractivity contribution >= 4 is 17.4 Å². The second-order valence-corrected chi connectivity index (χ2v) is 9.43. The lowest BCUT2D eigenvalue weighted by Gasteiger charge is -2.43. The first-order valence-corrected chi connectivity index (χ1v) is 11.9. The van der Waals surface area contributed by atoms with Gasteiger partial charge in [0.2, 0.25) is 5.91 Å². The van der Waals surface area contributed by atoms with Crippen molar-refractivity contribution in [2.75, 3.05) is 64.3 Å². The summed E-state index contributed by atoms with van der Waals surface area (Å²) in [6.45, 7) is 10.8. The van der Waals surface area contributed by atoms with Gasteiger partial charge in [0.25, 0.3) is 0 Å². The first kappa shape index (κ1) is 20.7. The van der Waals surface area contributed by atoms with Gasteiger partial charge in [-0.05, 0) is 39.4 Å². The van der Waals surface area contributed by atoms with Crippen molar-refractivity contribution < 1.29 is 4.79 Å². The lowest BCUT2D eigenvalue weighted by atomic mass is 9.96. The zero-order chi connectivity index (χ0) is 21.4. The van der Waals surface area contributed by atoms with Crippen molar-refractivity contribution in [2.24, 2.45) is 5.92 Å². The van der Waals surface area contributed by atoms with Crippen molar-refractivity contribution in [1.82, 2.24) is 29.3 Å². The third-order valence-corrected chi connectivity index (χ3v) is 7.11. The van der Waals surface area contributed by atoms with Crippen LogP contribution in [0.4, 0.5) is 5.82 Å². The van der Waals surface area contributed by atoms with Crippen LogP contribution in [0.2, 0.25) is 0 Å². The lowest BCUT2D eigenvalue weighted by Crippen LogP contribution is -2.56. The fraction of sp³-hybridized carbons (Fsp3) is 0.696. The highest BCUT2D eigenvalue weighted by Crippen LogP contribution is 2.33. The normalized spacial score (nSPS) is 21.2. The smallest absolute Gasteiger partial charge is 0.229 e. The van der Waals surface area contributed by atoms with Crippen molar-refractivity contribution in [3.8, 4) is 0 Å². The molecule has 0 bridgehead atoms. The van der Waals surface area contributed by atoms with E-state index in [1.807, 2.05) is 16.8 Å². The van der Waals surface area contributed by atoms with E-state index < -0.39 is 0 Å². The highest BCUT2D eigenvalue weighted by Gasteiger charge is 2.38. The van der Waals surface area contributed by atoms with Gasteiger partial charge in [-0.3, -0.25) is 4.79 Å². The van der Waals surface area contributed by atoms with E-state index in [9.17, 15) is 4.79 Å². The number of likely N-dealkylation sites (N-methyl/N-ethyl adjacent to an activating group) is 1. The number of unbranched alkanes of at least 4 members (excludes halogenated alkanes) is 1. The Morgan fingerprint density at radius 1 is 1.16 bits per heavy atom. The van der Waals surface area contributed by atoms with E-state index in [-0.39, 0.29) is 5.92 Å². The number of carbonyl (C=O) groups excluding carboxylic acids is 1. The van der Waals surface area contributed by atoms with Gasteiger partial charge in [-0.25, -0.2) is 4.98 Å². The molecule has 0 saturated carbocycles. The predicted molar refractivity (Wildman–Crippen MR) is 121 cm³/mol. The number of amides is 1. The molecule has 0 aromatic carbocycles. The molecule has 5 rings (SSSR count). The van der Waals surface area contributed by atoms with Crippen molar-refractivity contribution in [1.29, 1.82) is 0 Å². The largest absolute Gasteiger partial charge is 0.354 e. The molecule has 2 saturated heterocycles. The summed E-state index contributed by atoms with van der Waals surface area (Å²) in [6.07, 6.45) is 6.38. The second kappa shape index (κ2) is 8.74. The molecule has 0 radical (unpaired) electrons. The average Bonchev–Trinajstić information content (AvgIpc) is 3.06.